The highest BCUT2D eigenvalue weighted by Crippen LogP contribution is 2.45. The van der Waals surface area contributed by atoms with Gasteiger partial charge in [0, 0.05) is 38.9 Å². The highest BCUT2D eigenvalue weighted by molar-refractivity contribution is 6.01. The lowest BCUT2D eigenvalue weighted by atomic mass is 10.0. The number of likely N-dealkylation sites (tertiary alicyclic amines) is 1. The number of benzene rings is 3. The van der Waals surface area contributed by atoms with Gasteiger partial charge in [0.15, 0.2) is 11.5 Å². The molecule has 1 aromatic heterocycles. The van der Waals surface area contributed by atoms with Crippen LogP contribution < -0.4 is 20.8 Å². The Balaban J connectivity index is 1.22. The molecule has 0 bridgehead atoms. The number of hydrogen-bond acceptors (Lipinski definition) is 7. The number of amides is 1. The summed E-state index contributed by atoms with van der Waals surface area (Å²) in [6.45, 7) is 8.74. The van der Waals surface area contributed by atoms with Crippen LogP contribution in [0.15, 0.2) is 59.5 Å². The fourth-order valence-corrected chi connectivity index (χ4v) is 6.35. The number of morpholine rings is 1. The average molecular weight is 568 g/mol. The van der Waals surface area contributed by atoms with Gasteiger partial charge >= 0.3 is 0 Å². The number of pyridine rings is 1. The second-order valence-electron chi connectivity index (χ2n) is 11.4. The first-order valence-electron chi connectivity index (χ1n) is 15.1. The van der Waals surface area contributed by atoms with Crippen molar-refractivity contribution in [1.82, 2.24) is 19.7 Å². The van der Waals surface area contributed by atoms with E-state index in [0.29, 0.717) is 28.9 Å². The predicted octanol–water partition coefficient (Wildman–Crippen LogP) is 4.21. The van der Waals surface area contributed by atoms with E-state index in [1.165, 1.54) is 12.8 Å². The van der Waals surface area contributed by atoms with Crippen LogP contribution in [0, 0.1) is 0 Å². The normalized spacial score (nSPS) is 16.9. The van der Waals surface area contributed by atoms with Gasteiger partial charge in [-0.3, -0.25) is 14.5 Å². The molecular formula is C33H37N5O4. The van der Waals surface area contributed by atoms with E-state index in [1.807, 2.05) is 34.9 Å². The van der Waals surface area contributed by atoms with E-state index in [-0.39, 0.29) is 16.9 Å². The maximum Gasteiger partial charge on any atom is 0.256 e. The van der Waals surface area contributed by atoms with Crippen molar-refractivity contribution in [2.24, 2.45) is 0 Å². The molecule has 0 saturated carbocycles. The molecule has 0 atom stereocenters. The van der Waals surface area contributed by atoms with Crippen LogP contribution in [0.5, 0.6) is 11.5 Å². The summed E-state index contributed by atoms with van der Waals surface area (Å²) in [7, 11) is 0. The topological polar surface area (TPSA) is 88.1 Å². The molecule has 0 aliphatic carbocycles. The van der Waals surface area contributed by atoms with Gasteiger partial charge in [-0.25, -0.2) is 0 Å². The van der Waals surface area contributed by atoms with Crippen molar-refractivity contribution in [3.8, 4) is 17.2 Å². The summed E-state index contributed by atoms with van der Waals surface area (Å²) in [5, 5.41) is 9.14. The minimum absolute atomic E-state index is 0.135. The van der Waals surface area contributed by atoms with E-state index >= 15 is 0 Å². The van der Waals surface area contributed by atoms with E-state index in [4.69, 9.17) is 9.47 Å². The number of nitrogens with one attached hydrogen (secondary N) is 2. The van der Waals surface area contributed by atoms with Gasteiger partial charge in [-0.15, -0.1) is 0 Å². The van der Waals surface area contributed by atoms with E-state index in [1.54, 1.807) is 6.20 Å². The largest absolute Gasteiger partial charge is 0.451 e. The van der Waals surface area contributed by atoms with E-state index < -0.39 is 0 Å². The number of rotatable bonds is 9. The van der Waals surface area contributed by atoms with Crippen LogP contribution in [0.25, 0.3) is 27.4 Å². The van der Waals surface area contributed by atoms with E-state index in [2.05, 4.69) is 38.6 Å². The molecule has 9 heteroatoms. The molecule has 2 N–H and O–H groups in total. The molecule has 3 aromatic carbocycles. The van der Waals surface area contributed by atoms with Gasteiger partial charge in [-0.2, -0.15) is 0 Å². The minimum Gasteiger partial charge on any atom is -0.451 e. The Morgan fingerprint density at radius 3 is 2.45 bits per heavy atom. The Hall–Kier alpha value is -3.92. The maximum atomic E-state index is 13.7. The highest BCUT2D eigenvalue weighted by Gasteiger charge is 2.27. The lowest BCUT2D eigenvalue weighted by Gasteiger charge is -2.27. The van der Waals surface area contributed by atoms with Gasteiger partial charge in [-0.05, 0) is 73.9 Å². The zero-order chi connectivity index (χ0) is 28.5. The lowest BCUT2D eigenvalue weighted by molar-refractivity contribution is 0.0374. The first-order valence-corrected chi connectivity index (χ1v) is 15.1. The summed E-state index contributed by atoms with van der Waals surface area (Å²) in [6, 6.07) is 16.0. The molecule has 3 aliphatic heterocycles. The first kappa shape index (κ1) is 26.9. The molecule has 0 spiro atoms. The van der Waals surface area contributed by atoms with Crippen LogP contribution in [-0.2, 0) is 4.74 Å². The third-order valence-corrected chi connectivity index (χ3v) is 8.65. The number of fused-ring (bicyclic) bond motifs is 3. The van der Waals surface area contributed by atoms with Crippen molar-refractivity contribution in [2.45, 2.75) is 19.3 Å². The molecule has 42 heavy (non-hydrogen) atoms. The zero-order valence-electron chi connectivity index (χ0n) is 23.9. The Bertz CT molecular complexity index is 1690. The standard InChI is InChI=1S/C33H37N5O4/c39-31-25-8-9-27(34-11-15-36-12-3-4-13-36)32-30(25)38(28-20-23-6-1-2-7-24(23)21-29(28)42-32)22-26(31)33(40)35-10-5-14-37-16-18-41-19-17-37/h1-2,6-9,20-22,34H,3-5,10-19H2,(H,35,40). The molecule has 4 aromatic rings. The SMILES string of the molecule is O=C(NCCCN1CCOCC1)c1cn2c3c(c(NCCN4CCCC4)ccc3c1=O)Oc1cc3ccccc3cc1-2. The maximum absolute atomic E-state index is 13.7. The van der Waals surface area contributed by atoms with Gasteiger partial charge in [0.25, 0.3) is 5.91 Å². The third kappa shape index (κ3) is 5.24. The molecule has 4 heterocycles. The van der Waals surface area contributed by atoms with E-state index in [9.17, 15) is 9.59 Å². The predicted molar refractivity (Wildman–Crippen MR) is 165 cm³/mol. The number of hydrogen-bond donors (Lipinski definition) is 2. The first-order chi connectivity index (χ1) is 20.7. The lowest BCUT2D eigenvalue weighted by Crippen LogP contribution is -2.38. The monoisotopic (exact) mass is 567 g/mol. The number of carbonyl (C=O) groups is 1. The van der Waals surface area contributed by atoms with Gasteiger partial charge in [0.2, 0.25) is 5.43 Å². The molecule has 9 nitrogen and oxygen atoms in total. The zero-order valence-corrected chi connectivity index (χ0v) is 23.9. The number of nitrogens with zero attached hydrogens (tertiary/aromatic N) is 3. The quantitative estimate of drug-likeness (QED) is 0.258. The Morgan fingerprint density at radius 2 is 1.64 bits per heavy atom. The summed E-state index contributed by atoms with van der Waals surface area (Å²) < 4.78 is 13.9. The molecule has 218 valence electrons. The minimum atomic E-state index is -0.351. The van der Waals surface area contributed by atoms with Gasteiger partial charge in [0.05, 0.1) is 30.0 Å². The van der Waals surface area contributed by atoms with Crippen molar-refractivity contribution >= 4 is 33.3 Å². The molecule has 1 amide bonds. The molecule has 0 unspecified atom stereocenters. The van der Waals surface area contributed by atoms with Crippen LogP contribution in [0.4, 0.5) is 5.69 Å². The molecule has 3 aliphatic rings. The van der Waals surface area contributed by atoms with Crippen LogP contribution in [0.2, 0.25) is 0 Å². The van der Waals surface area contributed by atoms with E-state index in [0.717, 1.165) is 87.6 Å². The Labute approximate surface area is 245 Å². The number of aromatic nitrogens is 1. The average Bonchev–Trinajstić information content (AvgIpc) is 3.54. The summed E-state index contributed by atoms with van der Waals surface area (Å²) >= 11 is 0. The molecule has 0 radical (unpaired) electrons. The third-order valence-electron chi connectivity index (χ3n) is 8.65. The van der Waals surface area contributed by atoms with Crippen LogP contribution >= 0.6 is 0 Å². The molecular weight excluding hydrogens is 530 g/mol. The van der Waals surface area contributed by atoms with Crippen molar-refractivity contribution in [2.75, 3.05) is 70.9 Å². The van der Waals surface area contributed by atoms with Crippen LogP contribution in [-0.4, -0.2) is 85.8 Å². The van der Waals surface area contributed by atoms with Crippen LogP contribution in [0.3, 0.4) is 0 Å². The highest BCUT2D eigenvalue weighted by atomic mass is 16.5. The Kier molecular flexibility index (Phi) is 7.54. The van der Waals surface area contributed by atoms with Crippen molar-refractivity contribution in [3.05, 3.63) is 70.5 Å². The summed E-state index contributed by atoms with van der Waals surface area (Å²) in [5.41, 5.74) is 2.17. The fraction of sp³-hybridized carbons (Fsp3) is 0.394. The number of carbonyl (C=O) groups excluding carboxylic acids is 1. The number of anilines is 1. The van der Waals surface area contributed by atoms with Gasteiger partial charge in [0.1, 0.15) is 11.1 Å². The summed E-state index contributed by atoms with van der Waals surface area (Å²) in [5.74, 6) is 0.957. The number of ether oxygens (including phenoxy) is 2. The van der Waals surface area contributed by atoms with Crippen molar-refractivity contribution in [1.29, 1.82) is 0 Å². The second-order valence-corrected chi connectivity index (χ2v) is 11.4. The second kappa shape index (κ2) is 11.8. The molecule has 7 rings (SSSR count). The van der Waals surface area contributed by atoms with Crippen LogP contribution in [0.1, 0.15) is 29.6 Å². The van der Waals surface area contributed by atoms with Gasteiger partial charge in [-0.1, -0.05) is 24.3 Å². The van der Waals surface area contributed by atoms with Crippen molar-refractivity contribution < 1.29 is 14.3 Å². The Morgan fingerprint density at radius 1 is 0.881 bits per heavy atom. The smallest absolute Gasteiger partial charge is 0.256 e. The van der Waals surface area contributed by atoms with Gasteiger partial charge < -0.3 is 29.6 Å². The summed E-state index contributed by atoms with van der Waals surface area (Å²) in [4.78, 5) is 31.9. The molecule has 2 fully saturated rings. The van der Waals surface area contributed by atoms with Crippen molar-refractivity contribution in [3.63, 3.8) is 0 Å². The fourth-order valence-electron chi connectivity index (χ4n) is 6.35. The molecule has 2 saturated heterocycles. The summed E-state index contributed by atoms with van der Waals surface area (Å²) in [6.07, 6.45) is 5.01.